The first-order valence-electron chi connectivity index (χ1n) is 4.61. The van der Waals surface area contributed by atoms with E-state index < -0.39 is 0 Å². The minimum atomic E-state index is 0.595. The quantitative estimate of drug-likeness (QED) is 0.631. The normalized spacial score (nSPS) is 20.2. The fraction of sp³-hybridized carbons (Fsp3) is 1.00. The topological polar surface area (TPSA) is 21.3 Å². The van der Waals surface area contributed by atoms with Crippen molar-refractivity contribution in [2.45, 2.75) is 44.7 Å². The zero-order valence-electron chi connectivity index (χ0n) is 7.60. The molecule has 0 heterocycles. The highest BCUT2D eigenvalue weighted by Crippen LogP contribution is 2.20. The van der Waals surface area contributed by atoms with E-state index in [9.17, 15) is 0 Å². The molecule has 1 aliphatic rings. The highest BCUT2D eigenvalue weighted by atomic mass is 16.5. The number of nitrogens with one attached hydrogen (secondary N) is 1. The van der Waals surface area contributed by atoms with Gasteiger partial charge in [0.25, 0.3) is 0 Å². The van der Waals surface area contributed by atoms with Gasteiger partial charge in [-0.3, -0.25) is 0 Å². The molecule has 0 aromatic carbocycles. The van der Waals surface area contributed by atoms with Crippen LogP contribution in [0.2, 0.25) is 0 Å². The molecule has 1 unspecified atom stereocenters. The van der Waals surface area contributed by atoms with Crippen molar-refractivity contribution in [3.05, 3.63) is 0 Å². The lowest BCUT2D eigenvalue weighted by atomic mass is 10.2. The summed E-state index contributed by atoms with van der Waals surface area (Å²) in [5.74, 6) is 0. The van der Waals surface area contributed by atoms with Crippen LogP contribution >= 0.6 is 0 Å². The SMILES string of the molecule is CCCC(COC)NC1CC1. The van der Waals surface area contributed by atoms with E-state index in [0.29, 0.717) is 6.04 Å². The maximum atomic E-state index is 5.12. The van der Waals surface area contributed by atoms with E-state index in [2.05, 4.69) is 12.2 Å². The van der Waals surface area contributed by atoms with Crippen molar-refractivity contribution in [2.75, 3.05) is 13.7 Å². The molecule has 11 heavy (non-hydrogen) atoms. The lowest BCUT2D eigenvalue weighted by Crippen LogP contribution is -2.34. The van der Waals surface area contributed by atoms with E-state index in [4.69, 9.17) is 4.74 Å². The van der Waals surface area contributed by atoms with Gasteiger partial charge in [-0.05, 0) is 19.3 Å². The zero-order valence-corrected chi connectivity index (χ0v) is 7.60. The molecule has 1 aliphatic carbocycles. The molecule has 1 fully saturated rings. The third kappa shape index (κ3) is 3.73. The summed E-state index contributed by atoms with van der Waals surface area (Å²) in [6.07, 6.45) is 5.21. The van der Waals surface area contributed by atoms with Gasteiger partial charge in [-0.2, -0.15) is 0 Å². The van der Waals surface area contributed by atoms with Crippen LogP contribution in [0.5, 0.6) is 0 Å². The van der Waals surface area contributed by atoms with Crippen LogP contribution in [-0.4, -0.2) is 25.8 Å². The highest BCUT2D eigenvalue weighted by molar-refractivity contribution is 4.84. The van der Waals surface area contributed by atoms with Crippen LogP contribution in [0, 0.1) is 0 Å². The third-order valence-electron chi connectivity index (χ3n) is 2.05. The van der Waals surface area contributed by atoms with Crippen LogP contribution in [0.15, 0.2) is 0 Å². The van der Waals surface area contributed by atoms with Crippen LogP contribution in [0.1, 0.15) is 32.6 Å². The van der Waals surface area contributed by atoms with Gasteiger partial charge in [-0.25, -0.2) is 0 Å². The molecule has 2 nitrogen and oxygen atoms in total. The van der Waals surface area contributed by atoms with E-state index in [0.717, 1.165) is 12.6 Å². The van der Waals surface area contributed by atoms with Crippen molar-refractivity contribution in [1.82, 2.24) is 5.32 Å². The fourth-order valence-corrected chi connectivity index (χ4v) is 1.35. The summed E-state index contributed by atoms with van der Waals surface area (Å²) in [6, 6.07) is 1.40. The molecular weight excluding hydrogens is 138 g/mol. The molecule has 0 aromatic heterocycles. The molecule has 0 aliphatic heterocycles. The van der Waals surface area contributed by atoms with Gasteiger partial charge in [-0.15, -0.1) is 0 Å². The van der Waals surface area contributed by atoms with Gasteiger partial charge in [0.1, 0.15) is 0 Å². The van der Waals surface area contributed by atoms with E-state index in [1.54, 1.807) is 7.11 Å². The molecule has 0 bridgehead atoms. The van der Waals surface area contributed by atoms with Crippen LogP contribution < -0.4 is 5.32 Å². The van der Waals surface area contributed by atoms with Crippen molar-refractivity contribution in [3.63, 3.8) is 0 Å². The number of methoxy groups -OCH3 is 1. The Hall–Kier alpha value is -0.0800. The first-order valence-corrected chi connectivity index (χ1v) is 4.61. The minimum Gasteiger partial charge on any atom is -0.383 e. The average Bonchev–Trinajstić information content (AvgIpc) is 2.73. The van der Waals surface area contributed by atoms with E-state index in [1.807, 2.05) is 0 Å². The molecule has 0 spiro atoms. The largest absolute Gasteiger partial charge is 0.383 e. The van der Waals surface area contributed by atoms with Gasteiger partial charge in [-0.1, -0.05) is 13.3 Å². The van der Waals surface area contributed by atoms with E-state index in [-0.39, 0.29) is 0 Å². The molecule has 2 heteroatoms. The summed E-state index contributed by atoms with van der Waals surface area (Å²) in [7, 11) is 1.78. The van der Waals surface area contributed by atoms with Crippen LogP contribution in [0.25, 0.3) is 0 Å². The molecule has 1 atom stereocenters. The van der Waals surface area contributed by atoms with Gasteiger partial charge in [0.2, 0.25) is 0 Å². The molecule has 66 valence electrons. The second-order valence-corrected chi connectivity index (χ2v) is 3.38. The summed E-state index contributed by atoms with van der Waals surface area (Å²) in [5.41, 5.74) is 0. The summed E-state index contributed by atoms with van der Waals surface area (Å²) in [5, 5.41) is 3.57. The minimum absolute atomic E-state index is 0.595. The fourth-order valence-electron chi connectivity index (χ4n) is 1.35. The molecule has 0 saturated heterocycles. The van der Waals surface area contributed by atoms with Crippen LogP contribution in [0.4, 0.5) is 0 Å². The van der Waals surface area contributed by atoms with Crippen molar-refractivity contribution in [2.24, 2.45) is 0 Å². The monoisotopic (exact) mass is 157 g/mol. The highest BCUT2D eigenvalue weighted by Gasteiger charge is 2.23. The Kier molecular flexibility index (Phi) is 3.87. The van der Waals surface area contributed by atoms with Gasteiger partial charge < -0.3 is 10.1 Å². The Morgan fingerprint density at radius 3 is 2.73 bits per heavy atom. The van der Waals surface area contributed by atoms with Crippen LogP contribution in [0.3, 0.4) is 0 Å². The van der Waals surface area contributed by atoms with Crippen molar-refractivity contribution >= 4 is 0 Å². The standard InChI is InChI=1S/C9H19NO/c1-3-4-9(7-11-2)10-8-5-6-8/h8-10H,3-7H2,1-2H3. The first-order chi connectivity index (χ1) is 5.36. The van der Waals surface area contributed by atoms with E-state index >= 15 is 0 Å². The molecule has 1 saturated carbocycles. The summed E-state index contributed by atoms with van der Waals surface area (Å²) in [4.78, 5) is 0. The average molecular weight is 157 g/mol. The zero-order chi connectivity index (χ0) is 8.10. The number of ether oxygens (including phenoxy) is 1. The predicted molar refractivity (Wildman–Crippen MR) is 46.7 cm³/mol. The molecule has 0 radical (unpaired) electrons. The lowest BCUT2D eigenvalue weighted by molar-refractivity contribution is 0.161. The summed E-state index contributed by atoms with van der Waals surface area (Å²) < 4.78 is 5.12. The number of hydrogen-bond acceptors (Lipinski definition) is 2. The Morgan fingerprint density at radius 2 is 2.27 bits per heavy atom. The summed E-state index contributed by atoms with van der Waals surface area (Å²) in [6.45, 7) is 3.08. The number of rotatable bonds is 6. The lowest BCUT2D eigenvalue weighted by Gasteiger charge is -2.16. The number of hydrogen-bond donors (Lipinski definition) is 1. The Bertz CT molecular complexity index is 95.7. The van der Waals surface area contributed by atoms with Gasteiger partial charge in [0.05, 0.1) is 6.61 Å². The second kappa shape index (κ2) is 4.73. The maximum Gasteiger partial charge on any atom is 0.0615 e. The van der Waals surface area contributed by atoms with Crippen LogP contribution in [-0.2, 0) is 4.74 Å². The van der Waals surface area contributed by atoms with Gasteiger partial charge in [0, 0.05) is 19.2 Å². The Morgan fingerprint density at radius 1 is 1.55 bits per heavy atom. The van der Waals surface area contributed by atoms with E-state index in [1.165, 1.54) is 25.7 Å². The Labute approximate surface area is 69.3 Å². The molecular formula is C9H19NO. The Balaban J connectivity index is 2.08. The first kappa shape index (κ1) is 9.01. The summed E-state index contributed by atoms with van der Waals surface area (Å²) >= 11 is 0. The van der Waals surface area contributed by atoms with Gasteiger partial charge in [0.15, 0.2) is 0 Å². The molecule has 1 rings (SSSR count). The maximum absolute atomic E-state index is 5.12. The molecule has 1 N–H and O–H groups in total. The second-order valence-electron chi connectivity index (χ2n) is 3.38. The smallest absolute Gasteiger partial charge is 0.0615 e. The molecule has 0 amide bonds. The van der Waals surface area contributed by atoms with Crippen molar-refractivity contribution < 1.29 is 4.74 Å². The predicted octanol–water partition coefficient (Wildman–Crippen LogP) is 1.55. The third-order valence-corrected chi connectivity index (χ3v) is 2.05. The van der Waals surface area contributed by atoms with Crippen molar-refractivity contribution in [1.29, 1.82) is 0 Å². The molecule has 0 aromatic rings. The van der Waals surface area contributed by atoms with Gasteiger partial charge >= 0.3 is 0 Å². The van der Waals surface area contributed by atoms with Crippen molar-refractivity contribution in [3.8, 4) is 0 Å².